The number of amides is 1. The molecule has 0 unspecified atom stereocenters. The molecule has 13 heteroatoms. The highest BCUT2D eigenvalue weighted by Crippen LogP contribution is 2.29. The monoisotopic (exact) mass is 511 g/mol. The van der Waals surface area contributed by atoms with E-state index in [1.807, 2.05) is 11.5 Å². The lowest BCUT2D eigenvalue weighted by Gasteiger charge is -2.26. The molecule has 0 spiro atoms. The van der Waals surface area contributed by atoms with Gasteiger partial charge in [-0.25, -0.2) is 8.42 Å². The summed E-state index contributed by atoms with van der Waals surface area (Å²) in [4.78, 5) is 12.5. The van der Waals surface area contributed by atoms with E-state index in [2.05, 4.69) is 15.5 Å². The molecule has 0 atom stereocenters. The molecule has 33 heavy (non-hydrogen) atoms. The van der Waals surface area contributed by atoms with Crippen LogP contribution >= 0.6 is 23.4 Å². The van der Waals surface area contributed by atoms with Gasteiger partial charge < -0.3 is 14.5 Å². The fourth-order valence-corrected chi connectivity index (χ4v) is 6.01. The zero-order chi connectivity index (χ0) is 23.4. The first-order chi connectivity index (χ1) is 15.9. The third-order valence-electron chi connectivity index (χ3n) is 4.91. The molecule has 1 aliphatic rings. The molecule has 4 rings (SSSR count). The van der Waals surface area contributed by atoms with Gasteiger partial charge in [0.05, 0.1) is 30.3 Å². The normalized spacial score (nSPS) is 15.0. The number of hydrogen-bond donors (Lipinski definition) is 1. The summed E-state index contributed by atoms with van der Waals surface area (Å²) >= 11 is 7.40. The van der Waals surface area contributed by atoms with Crippen LogP contribution in [-0.2, 0) is 26.1 Å². The van der Waals surface area contributed by atoms with E-state index in [0.717, 1.165) is 0 Å². The number of halogens is 1. The van der Waals surface area contributed by atoms with Crippen LogP contribution < -0.4 is 5.32 Å². The highest BCUT2D eigenvalue weighted by atomic mass is 35.5. The number of benzene rings is 1. The third kappa shape index (κ3) is 5.25. The van der Waals surface area contributed by atoms with Gasteiger partial charge >= 0.3 is 0 Å². The average Bonchev–Trinajstić information content (AvgIpc) is 3.49. The van der Waals surface area contributed by atoms with Crippen LogP contribution in [0.3, 0.4) is 0 Å². The highest BCUT2D eigenvalue weighted by molar-refractivity contribution is 7.99. The quantitative estimate of drug-likeness (QED) is 0.458. The summed E-state index contributed by atoms with van der Waals surface area (Å²) in [5, 5.41) is 11.7. The molecule has 1 N–H and O–H groups in total. The fraction of sp³-hybridized carbons (Fsp3) is 0.350. The summed E-state index contributed by atoms with van der Waals surface area (Å²) in [7, 11) is -3.80. The molecule has 1 aliphatic heterocycles. The van der Waals surface area contributed by atoms with Gasteiger partial charge in [-0.2, -0.15) is 4.31 Å². The Balaban J connectivity index is 1.44. The molecule has 0 aliphatic carbocycles. The van der Waals surface area contributed by atoms with Crippen molar-refractivity contribution in [1.82, 2.24) is 19.1 Å². The van der Waals surface area contributed by atoms with Crippen LogP contribution in [0.5, 0.6) is 0 Å². The van der Waals surface area contributed by atoms with E-state index in [4.69, 9.17) is 20.8 Å². The van der Waals surface area contributed by atoms with Crippen LogP contribution in [0.2, 0.25) is 5.02 Å². The number of nitrogens with zero attached hydrogens (tertiary/aromatic N) is 4. The maximum absolute atomic E-state index is 13.0. The van der Waals surface area contributed by atoms with E-state index in [-0.39, 0.29) is 34.7 Å². The Kier molecular flexibility index (Phi) is 7.39. The van der Waals surface area contributed by atoms with Crippen molar-refractivity contribution in [3.8, 4) is 11.6 Å². The molecule has 1 saturated heterocycles. The number of rotatable bonds is 8. The molecule has 0 radical (unpaired) electrons. The van der Waals surface area contributed by atoms with Crippen molar-refractivity contribution in [1.29, 1.82) is 0 Å². The summed E-state index contributed by atoms with van der Waals surface area (Å²) in [6, 6.07) is 7.96. The predicted octanol–water partition coefficient (Wildman–Crippen LogP) is 2.96. The van der Waals surface area contributed by atoms with Crippen molar-refractivity contribution in [3.05, 3.63) is 41.6 Å². The highest BCUT2D eigenvalue weighted by Gasteiger charge is 2.28. The Bertz CT molecular complexity index is 1220. The molecular formula is C20H22ClN5O5S2. The van der Waals surface area contributed by atoms with E-state index in [1.165, 1.54) is 28.2 Å². The minimum Gasteiger partial charge on any atom is -0.461 e. The first kappa shape index (κ1) is 23.8. The number of anilines is 1. The second kappa shape index (κ2) is 10.3. The second-order valence-corrected chi connectivity index (χ2v) is 10.3. The minimum atomic E-state index is -3.80. The van der Waals surface area contributed by atoms with E-state index < -0.39 is 10.0 Å². The number of nitrogens with one attached hydrogen (secondary N) is 1. The van der Waals surface area contributed by atoms with Crippen molar-refractivity contribution in [3.63, 3.8) is 0 Å². The summed E-state index contributed by atoms with van der Waals surface area (Å²) in [5.41, 5.74) is 0.338. The predicted molar refractivity (Wildman–Crippen MR) is 124 cm³/mol. The van der Waals surface area contributed by atoms with E-state index in [0.29, 0.717) is 42.2 Å². The summed E-state index contributed by atoms with van der Waals surface area (Å²) in [6.45, 7) is 3.72. The maximum atomic E-state index is 13.0. The van der Waals surface area contributed by atoms with E-state index in [9.17, 15) is 13.2 Å². The Morgan fingerprint density at radius 2 is 2.03 bits per heavy atom. The summed E-state index contributed by atoms with van der Waals surface area (Å²) < 4.78 is 39.7. The van der Waals surface area contributed by atoms with E-state index >= 15 is 0 Å². The molecule has 3 aromatic rings. The van der Waals surface area contributed by atoms with Gasteiger partial charge in [-0.3, -0.25) is 9.36 Å². The average molecular weight is 512 g/mol. The topological polar surface area (TPSA) is 120 Å². The van der Waals surface area contributed by atoms with Gasteiger partial charge in [0.15, 0.2) is 16.7 Å². The van der Waals surface area contributed by atoms with Crippen LogP contribution in [0.4, 0.5) is 5.69 Å². The van der Waals surface area contributed by atoms with Gasteiger partial charge in [-0.15, -0.1) is 10.2 Å². The molecule has 0 saturated carbocycles. The lowest BCUT2D eigenvalue weighted by Crippen LogP contribution is -2.40. The standard InChI is InChI=1S/C20H22ClN5O5S2/c1-2-26-19(16-4-3-9-31-16)23-24-20(26)32-13-18(27)22-14-5-6-15(21)17(12-14)33(28,29)25-7-10-30-11-8-25/h3-6,9,12H,2,7-8,10-11,13H2,1H3,(H,22,27). The number of sulfonamides is 1. The van der Waals surface area contributed by atoms with Gasteiger partial charge in [0.1, 0.15) is 4.90 Å². The van der Waals surface area contributed by atoms with Gasteiger partial charge in [-0.1, -0.05) is 23.4 Å². The molecule has 1 amide bonds. The number of ether oxygens (including phenoxy) is 1. The number of morpholine rings is 1. The third-order valence-corrected chi connectivity index (χ3v) is 8.26. The number of carbonyl (C=O) groups excluding carboxylic acids is 1. The van der Waals surface area contributed by atoms with Crippen molar-refractivity contribution in [2.24, 2.45) is 0 Å². The van der Waals surface area contributed by atoms with E-state index in [1.54, 1.807) is 24.5 Å². The van der Waals surface area contributed by atoms with Gasteiger partial charge in [0, 0.05) is 25.3 Å². The Hall–Kier alpha value is -2.38. The molecule has 10 nitrogen and oxygen atoms in total. The number of hydrogen-bond acceptors (Lipinski definition) is 8. The van der Waals surface area contributed by atoms with Gasteiger partial charge in [0.2, 0.25) is 15.9 Å². The number of aromatic nitrogens is 3. The number of thioether (sulfide) groups is 1. The number of furan rings is 1. The molecule has 3 heterocycles. The minimum absolute atomic E-state index is 0.0506. The molecule has 2 aromatic heterocycles. The molecule has 1 fully saturated rings. The van der Waals surface area contributed by atoms with Gasteiger partial charge in [0.25, 0.3) is 0 Å². The summed E-state index contributed by atoms with van der Waals surface area (Å²) in [5.74, 6) is 0.920. The van der Waals surface area contributed by atoms with Crippen LogP contribution in [0.25, 0.3) is 11.6 Å². The van der Waals surface area contributed by atoms with Crippen molar-refractivity contribution >= 4 is 45.0 Å². The van der Waals surface area contributed by atoms with Crippen LogP contribution in [0, 0.1) is 0 Å². The SMILES string of the molecule is CCn1c(SCC(=O)Nc2ccc(Cl)c(S(=O)(=O)N3CCOCC3)c2)nnc1-c1ccco1. The summed E-state index contributed by atoms with van der Waals surface area (Å²) in [6.07, 6.45) is 1.56. The lowest BCUT2D eigenvalue weighted by atomic mass is 10.3. The van der Waals surface area contributed by atoms with Crippen LogP contribution in [0.15, 0.2) is 51.1 Å². The Morgan fingerprint density at radius 1 is 1.24 bits per heavy atom. The Labute approximate surface area is 200 Å². The van der Waals surface area contributed by atoms with Crippen molar-refractivity contribution in [2.75, 3.05) is 37.4 Å². The van der Waals surface area contributed by atoms with Crippen LogP contribution in [0.1, 0.15) is 6.92 Å². The van der Waals surface area contributed by atoms with Crippen LogP contribution in [-0.4, -0.2) is 65.5 Å². The largest absolute Gasteiger partial charge is 0.461 e. The molecule has 176 valence electrons. The zero-order valence-corrected chi connectivity index (χ0v) is 20.1. The lowest BCUT2D eigenvalue weighted by molar-refractivity contribution is -0.113. The second-order valence-electron chi connectivity index (χ2n) is 7.03. The van der Waals surface area contributed by atoms with Crippen molar-refractivity contribution in [2.45, 2.75) is 23.5 Å². The zero-order valence-electron chi connectivity index (χ0n) is 17.7. The van der Waals surface area contributed by atoms with Gasteiger partial charge in [-0.05, 0) is 37.3 Å². The fourth-order valence-electron chi connectivity index (χ4n) is 3.30. The molecule has 0 bridgehead atoms. The first-order valence-corrected chi connectivity index (χ1v) is 13.0. The smallest absolute Gasteiger partial charge is 0.244 e. The molecular weight excluding hydrogens is 490 g/mol. The first-order valence-electron chi connectivity index (χ1n) is 10.2. The Morgan fingerprint density at radius 3 is 2.73 bits per heavy atom. The number of carbonyl (C=O) groups is 1. The maximum Gasteiger partial charge on any atom is 0.244 e. The molecule has 1 aromatic carbocycles. The van der Waals surface area contributed by atoms with Crippen molar-refractivity contribution < 1.29 is 22.4 Å².